The number of hydrogen-bond acceptors (Lipinski definition) is 3. The van der Waals surface area contributed by atoms with Crippen LogP contribution in [0.3, 0.4) is 0 Å². The fourth-order valence-electron chi connectivity index (χ4n) is 1.73. The lowest BCUT2D eigenvalue weighted by molar-refractivity contribution is 0.0848. The van der Waals surface area contributed by atoms with Gasteiger partial charge in [-0.05, 0) is 30.3 Å². The van der Waals surface area contributed by atoms with E-state index in [1.54, 1.807) is 24.3 Å². The van der Waals surface area contributed by atoms with E-state index in [2.05, 4.69) is 0 Å². The van der Waals surface area contributed by atoms with E-state index in [1.807, 2.05) is 24.3 Å². The van der Waals surface area contributed by atoms with E-state index in [4.69, 9.17) is 21.1 Å². The summed E-state index contributed by atoms with van der Waals surface area (Å²) in [4.78, 5) is 11.6. The van der Waals surface area contributed by atoms with Gasteiger partial charge in [-0.25, -0.2) is 0 Å². The number of carbonyl (C=O) groups excluding carboxylic acids is 1. The first kappa shape index (κ1) is 14.6. The predicted molar refractivity (Wildman–Crippen MR) is 78.4 cm³/mol. The standard InChI is InChI=1S/C16H15ClO3/c1-19-11-16(18)12-6-8-14(9-7-12)20-10-13-4-2-3-5-15(13)17/h2-9H,10-11H2,1H3. The zero-order chi connectivity index (χ0) is 14.4. The van der Waals surface area contributed by atoms with Crippen molar-refractivity contribution >= 4 is 17.4 Å². The molecule has 0 bridgehead atoms. The quantitative estimate of drug-likeness (QED) is 0.760. The number of Topliss-reactive ketones (excluding diaryl/α,β-unsaturated/α-hetero) is 1. The summed E-state index contributed by atoms with van der Waals surface area (Å²) in [7, 11) is 1.50. The van der Waals surface area contributed by atoms with Crippen LogP contribution in [0.2, 0.25) is 5.02 Å². The molecule has 0 spiro atoms. The molecule has 0 unspecified atom stereocenters. The highest BCUT2D eigenvalue weighted by Gasteiger charge is 2.05. The molecule has 2 aromatic carbocycles. The lowest BCUT2D eigenvalue weighted by Crippen LogP contribution is -2.06. The molecule has 20 heavy (non-hydrogen) atoms. The van der Waals surface area contributed by atoms with Crippen LogP contribution in [-0.4, -0.2) is 19.5 Å². The van der Waals surface area contributed by atoms with Gasteiger partial charge >= 0.3 is 0 Å². The van der Waals surface area contributed by atoms with E-state index in [0.717, 1.165) is 5.56 Å². The van der Waals surface area contributed by atoms with Crippen molar-refractivity contribution in [2.24, 2.45) is 0 Å². The second kappa shape index (κ2) is 7.08. The van der Waals surface area contributed by atoms with E-state index in [0.29, 0.717) is 22.9 Å². The van der Waals surface area contributed by atoms with E-state index < -0.39 is 0 Å². The van der Waals surface area contributed by atoms with Gasteiger partial charge in [0.2, 0.25) is 0 Å². The number of rotatable bonds is 6. The predicted octanol–water partition coefficient (Wildman–Crippen LogP) is 3.75. The molecule has 0 heterocycles. The molecule has 0 saturated heterocycles. The Morgan fingerprint density at radius 3 is 2.45 bits per heavy atom. The molecule has 0 aliphatic carbocycles. The molecule has 0 radical (unpaired) electrons. The van der Waals surface area contributed by atoms with Gasteiger partial charge in [0.25, 0.3) is 0 Å². The van der Waals surface area contributed by atoms with E-state index in [1.165, 1.54) is 7.11 Å². The Kier molecular flexibility index (Phi) is 5.16. The molecular formula is C16H15ClO3. The Balaban J connectivity index is 1.98. The molecule has 3 nitrogen and oxygen atoms in total. The van der Waals surface area contributed by atoms with Crippen molar-refractivity contribution in [3.8, 4) is 5.75 Å². The Hall–Kier alpha value is -1.84. The average Bonchev–Trinajstić information content (AvgIpc) is 2.47. The molecular weight excluding hydrogens is 276 g/mol. The van der Waals surface area contributed by atoms with E-state index >= 15 is 0 Å². The zero-order valence-corrected chi connectivity index (χ0v) is 11.9. The fourth-order valence-corrected chi connectivity index (χ4v) is 1.92. The van der Waals surface area contributed by atoms with Gasteiger partial charge in [-0.3, -0.25) is 4.79 Å². The first-order valence-electron chi connectivity index (χ1n) is 6.19. The van der Waals surface area contributed by atoms with Crippen LogP contribution in [0.1, 0.15) is 15.9 Å². The molecule has 0 fully saturated rings. The summed E-state index contributed by atoms with van der Waals surface area (Å²) in [6.07, 6.45) is 0. The van der Waals surface area contributed by atoms with Crippen LogP contribution in [0, 0.1) is 0 Å². The summed E-state index contributed by atoms with van der Waals surface area (Å²) >= 11 is 6.05. The second-order valence-electron chi connectivity index (χ2n) is 4.26. The van der Waals surface area contributed by atoms with Gasteiger partial charge in [-0.2, -0.15) is 0 Å². The van der Waals surface area contributed by atoms with Crippen LogP contribution in [0.15, 0.2) is 48.5 Å². The van der Waals surface area contributed by atoms with Gasteiger partial charge in [0.05, 0.1) is 0 Å². The monoisotopic (exact) mass is 290 g/mol. The van der Waals surface area contributed by atoms with Gasteiger partial charge in [-0.15, -0.1) is 0 Å². The van der Waals surface area contributed by atoms with Crippen molar-refractivity contribution in [3.05, 3.63) is 64.7 Å². The number of benzene rings is 2. The number of halogens is 1. The number of hydrogen-bond donors (Lipinski definition) is 0. The second-order valence-corrected chi connectivity index (χ2v) is 4.67. The van der Waals surface area contributed by atoms with Crippen molar-refractivity contribution in [3.63, 3.8) is 0 Å². The normalized spacial score (nSPS) is 10.3. The largest absolute Gasteiger partial charge is 0.489 e. The maximum absolute atomic E-state index is 11.6. The lowest BCUT2D eigenvalue weighted by atomic mass is 10.1. The molecule has 104 valence electrons. The molecule has 2 rings (SSSR count). The maximum Gasteiger partial charge on any atom is 0.188 e. The van der Waals surface area contributed by atoms with Crippen LogP contribution in [0.4, 0.5) is 0 Å². The van der Waals surface area contributed by atoms with Gasteiger partial charge < -0.3 is 9.47 Å². The van der Waals surface area contributed by atoms with Gasteiger partial charge in [-0.1, -0.05) is 29.8 Å². The summed E-state index contributed by atoms with van der Waals surface area (Å²) in [6, 6.07) is 14.5. The summed E-state index contributed by atoms with van der Waals surface area (Å²) in [5.41, 5.74) is 1.53. The summed E-state index contributed by atoms with van der Waals surface area (Å²) in [5, 5.41) is 0.680. The highest BCUT2D eigenvalue weighted by Crippen LogP contribution is 2.19. The molecule has 4 heteroatoms. The van der Waals surface area contributed by atoms with Crippen molar-refractivity contribution < 1.29 is 14.3 Å². The zero-order valence-electron chi connectivity index (χ0n) is 11.1. The molecule has 0 atom stereocenters. The maximum atomic E-state index is 11.6. The smallest absolute Gasteiger partial charge is 0.188 e. The SMILES string of the molecule is COCC(=O)c1ccc(OCc2ccccc2Cl)cc1. The summed E-state index contributed by atoms with van der Waals surface area (Å²) in [6.45, 7) is 0.477. The minimum Gasteiger partial charge on any atom is -0.489 e. The number of methoxy groups -OCH3 is 1. The Morgan fingerprint density at radius 2 is 1.80 bits per heavy atom. The van der Waals surface area contributed by atoms with Gasteiger partial charge in [0.15, 0.2) is 5.78 Å². The van der Waals surface area contributed by atoms with Crippen LogP contribution >= 0.6 is 11.6 Å². The van der Waals surface area contributed by atoms with Crippen LogP contribution < -0.4 is 4.74 Å². The Labute approximate surface area is 123 Å². The van der Waals surface area contributed by atoms with Gasteiger partial charge in [0.1, 0.15) is 19.0 Å². The van der Waals surface area contributed by atoms with E-state index in [9.17, 15) is 4.79 Å². The van der Waals surface area contributed by atoms with E-state index in [-0.39, 0.29) is 12.4 Å². The van der Waals surface area contributed by atoms with Crippen LogP contribution in [-0.2, 0) is 11.3 Å². The Morgan fingerprint density at radius 1 is 1.10 bits per heavy atom. The molecule has 0 N–H and O–H groups in total. The highest BCUT2D eigenvalue weighted by molar-refractivity contribution is 6.31. The Bertz CT molecular complexity index is 579. The van der Waals surface area contributed by atoms with Crippen molar-refractivity contribution in [1.29, 1.82) is 0 Å². The topological polar surface area (TPSA) is 35.5 Å². The first-order chi connectivity index (χ1) is 9.70. The lowest BCUT2D eigenvalue weighted by Gasteiger charge is -2.08. The average molecular weight is 291 g/mol. The minimum atomic E-state index is -0.0508. The number of ketones is 1. The molecule has 2 aromatic rings. The van der Waals surface area contributed by atoms with Crippen molar-refractivity contribution in [1.82, 2.24) is 0 Å². The highest BCUT2D eigenvalue weighted by atomic mass is 35.5. The van der Waals surface area contributed by atoms with Crippen LogP contribution in [0.25, 0.3) is 0 Å². The summed E-state index contributed by atoms with van der Waals surface area (Å²) in [5.74, 6) is 0.643. The van der Waals surface area contributed by atoms with Crippen molar-refractivity contribution in [2.45, 2.75) is 6.61 Å². The third kappa shape index (κ3) is 3.83. The first-order valence-corrected chi connectivity index (χ1v) is 6.57. The third-order valence-electron chi connectivity index (χ3n) is 2.80. The molecule has 0 aromatic heterocycles. The van der Waals surface area contributed by atoms with Crippen LogP contribution in [0.5, 0.6) is 5.75 Å². The number of carbonyl (C=O) groups is 1. The number of ether oxygens (including phenoxy) is 2. The fraction of sp³-hybridized carbons (Fsp3) is 0.188. The third-order valence-corrected chi connectivity index (χ3v) is 3.17. The van der Waals surface area contributed by atoms with Gasteiger partial charge in [0, 0.05) is 23.3 Å². The summed E-state index contributed by atoms with van der Waals surface area (Å²) < 4.78 is 10.5. The molecule has 0 saturated carbocycles. The molecule has 0 amide bonds. The molecule has 0 aliphatic heterocycles. The van der Waals surface area contributed by atoms with Crippen molar-refractivity contribution in [2.75, 3.05) is 13.7 Å². The minimum absolute atomic E-state index is 0.0508. The molecule has 0 aliphatic rings.